The van der Waals surface area contributed by atoms with E-state index in [0.717, 1.165) is 29.4 Å². The molecule has 0 fully saturated rings. The molecule has 1 aliphatic rings. The Bertz CT molecular complexity index is 939. The third-order valence-electron chi connectivity index (χ3n) is 4.44. The molecule has 0 bridgehead atoms. The van der Waals surface area contributed by atoms with Gasteiger partial charge in [0.25, 0.3) is 10.0 Å². The van der Waals surface area contributed by atoms with Crippen molar-refractivity contribution in [1.29, 1.82) is 0 Å². The Kier molecular flexibility index (Phi) is 4.51. The van der Waals surface area contributed by atoms with E-state index >= 15 is 0 Å². The molecule has 1 N–H and O–H groups in total. The number of anilines is 1. The number of halogens is 1. The van der Waals surface area contributed by atoms with Crippen LogP contribution in [0.15, 0.2) is 29.4 Å². The Hall–Kier alpha value is -2.06. The van der Waals surface area contributed by atoms with Crippen molar-refractivity contribution in [2.24, 2.45) is 0 Å². The molecule has 1 aliphatic heterocycles. The minimum Gasteiger partial charge on any atom is -0.478 e. The molecule has 25 heavy (non-hydrogen) atoms. The van der Waals surface area contributed by atoms with Crippen LogP contribution >= 0.6 is 11.6 Å². The number of hydrogen-bond acceptors (Lipinski definition) is 4. The smallest absolute Gasteiger partial charge is 0.337 e. The minimum atomic E-state index is -4.00. The number of carboxylic acid groups (broad SMARTS) is 1. The lowest BCUT2D eigenvalue weighted by Gasteiger charge is -2.21. The zero-order chi connectivity index (χ0) is 18.4. The lowest BCUT2D eigenvalue weighted by molar-refractivity contribution is 0.0698. The van der Waals surface area contributed by atoms with Gasteiger partial charge >= 0.3 is 5.97 Å². The van der Waals surface area contributed by atoms with E-state index in [1.165, 1.54) is 31.4 Å². The van der Waals surface area contributed by atoms with Crippen LogP contribution in [-0.4, -0.2) is 36.1 Å². The van der Waals surface area contributed by atoms with Crippen molar-refractivity contribution >= 4 is 33.3 Å². The zero-order valence-corrected chi connectivity index (χ0v) is 15.4. The molecule has 0 saturated heterocycles. The Balaban J connectivity index is 2.07. The van der Waals surface area contributed by atoms with Gasteiger partial charge in [-0.25, -0.2) is 9.78 Å². The molecule has 7 nitrogen and oxygen atoms in total. The number of aromatic carboxylic acids is 1. The summed E-state index contributed by atoms with van der Waals surface area (Å²) in [6, 6.07) is 4.20. The molecule has 0 radical (unpaired) electrons. The number of sulfonamides is 1. The van der Waals surface area contributed by atoms with Crippen molar-refractivity contribution in [3.63, 3.8) is 0 Å². The van der Waals surface area contributed by atoms with E-state index < -0.39 is 16.0 Å². The van der Waals surface area contributed by atoms with Gasteiger partial charge in [-0.1, -0.05) is 11.6 Å². The number of fused-ring (bicyclic) bond motifs is 1. The maximum Gasteiger partial charge on any atom is 0.337 e. The highest BCUT2D eigenvalue weighted by Crippen LogP contribution is 2.30. The molecule has 1 atom stereocenters. The van der Waals surface area contributed by atoms with Gasteiger partial charge in [0, 0.05) is 30.7 Å². The highest BCUT2D eigenvalue weighted by molar-refractivity contribution is 7.92. The van der Waals surface area contributed by atoms with Gasteiger partial charge in [-0.3, -0.25) is 4.31 Å². The van der Waals surface area contributed by atoms with Crippen LogP contribution in [0.3, 0.4) is 0 Å². The van der Waals surface area contributed by atoms with E-state index in [9.17, 15) is 18.3 Å². The van der Waals surface area contributed by atoms with Crippen LogP contribution in [0, 0.1) is 0 Å². The molecular formula is C16H18ClN3O4S. The summed E-state index contributed by atoms with van der Waals surface area (Å²) in [5.41, 5.74) is -0.146. The summed E-state index contributed by atoms with van der Waals surface area (Å²) in [5.74, 6) is -0.498. The number of imidazole rings is 1. The number of hydrogen-bond donors (Lipinski definition) is 1. The topological polar surface area (TPSA) is 92.5 Å². The molecule has 0 amide bonds. The summed E-state index contributed by atoms with van der Waals surface area (Å²) >= 11 is 5.93. The van der Waals surface area contributed by atoms with Crippen LogP contribution < -0.4 is 4.31 Å². The molecule has 2 aromatic rings. The number of rotatable bonds is 4. The molecule has 134 valence electrons. The summed E-state index contributed by atoms with van der Waals surface area (Å²) in [6.45, 7) is 2.02. The second kappa shape index (κ2) is 6.34. The monoisotopic (exact) mass is 383 g/mol. The lowest BCUT2D eigenvalue weighted by Crippen LogP contribution is -2.28. The number of nitrogens with zero attached hydrogens (tertiary/aromatic N) is 3. The van der Waals surface area contributed by atoms with Crippen LogP contribution in [-0.2, 0) is 16.4 Å². The fourth-order valence-electron chi connectivity index (χ4n) is 3.01. The van der Waals surface area contributed by atoms with Gasteiger partial charge in [0.1, 0.15) is 5.82 Å². The maximum absolute atomic E-state index is 13.0. The van der Waals surface area contributed by atoms with Crippen molar-refractivity contribution in [3.8, 4) is 0 Å². The summed E-state index contributed by atoms with van der Waals surface area (Å²) in [7, 11) is -2.70. The SMILES string of the molecule is CC1CCCc2nc(S(=O)(=O)N(C)c3cc(Cl)ccc3C(=O)O)cn21. The second-order valence-corrected chi connectivity index (χ2v) is 8.44. The van der Waals surface area contributed by atoms with Crippen molar-refractivity contribution in [2.75, 3.05) is 11.4 Å². The van der Waals surface area contributed by atoms with Crippen LogP contribution in [0.1, 0.15) is 42.0 Å². The number of aromatic nitrogens is 2. The van der Waals surface area contributed by atoms with Crippen molar-refractivity contribution in [3.05, 3.63) is 40.8 Å². The van der Waals surface area contributed by atoms with Gasteiger partial charge in [-0.15, -0.1) is 0 Å². The number of benzene rings is 1. The molecule has 9 heteroatoms. The van der Waals surface area contributed by atoms with E-state index in [-0.39, 0.29) is 27.3 Å². The van der Waals surface area contributed by atoms with Gasteiger partial charge in [0.05, 0.1) is 11.3 Å². The summed E-state index contributed by atoms with van der Waals surface area (Å²) in [4.78, 5) is 15.7. The van der Waals surface area contributed by atoms with Gasteiger partial charge in [0.15, 0.2) is 5.03 Å². The molecule has 2 heterocycles. The predicted molar refractivity (Wildman–Crippen MR) is 93.9 cm³/mol. The Labute approximate surface area is 150 Å². The third kappa shape index (κ3) is 3.11. The lowest BCUT2D eigenvalue weighted by atomic mass is 10.1. The summed E-state index contributed by atoms with van der Waals surface area (Å²) in [5, 5.41) is 9.49. The van der Waals surface area contributed by atoms with Gasteiger partial charge < -0.3 is 9.67 Å². The summed E-state index contributed by atoms with van der Waals surface area (Å²) in [6.07, 6.45) is 4.18. The van der Waals surface area contributed by atoms with Crippen LogP contribution in [0.25, 0.3) is 0 Å². The molecule has 0 saturated carbocycles. The van der Waals surface area contributed by atoms with E-state index in [2.05, 4.69) is 4.98 Å². The van der Waals surface area contributed by atoms with Gasteiger partial charge in [-0.05, 0) is 38.0 Å². The molecule has 1 aromatic heterocycles. The maximum atomic E-state index is 13.0. The quantitative estimate of drug-likeness (QED) is 0.876. The highest BCUT2D eigenvalue weighted by Gasteiger charge is 2.30. The van der Waals surface area contributed by atoms with Crippen molar-refractivity contribution in [2.45, 2.75) is 37.3 Å². The standard InChI is InChI=1S/C16H18ClN3O4S/c1-10-4-3-5-14-18-15(9-20(10)14)25(23,24)19(2)13-8-11(17)6-7-12(13)16(21)22/h6-10H,3-5H2,1-2H3,(H,21,22). The highest BCUT2D eigenvalue weighted by atomic mass is 35.5. The molecule has 0 spiro atoms. The van der Waals surface area contributed by atoms with Gasteiger partial charge in [-0.2, -0.15) is 8.42 Å². The molecular weight excluding hydrogens is 366 g/mol. The number of carboxylic acids is 1. The third-order valence-corrected chi connectivity index (χ3v) is 6.32. The Morgan fingerprint density at radius 3 is 2.80 bits per heavy atom. The fraction of sp³-hybridized carbons (Fsp3) is 0.375. The number of carbonyl (C=O) groups is 1. The largest absolute Gasteiger partial charge is 0.478 e. The Morgan fingerprint density at radius 1 is 1.44 bits per heavy atom. The minimum absolute atomic E-state index is 0.000907. The summed E-state index contributed by atoms with van der Waals surface area (Å²) < 4.78 is 28.7. The first-order valence-corrected chi connectivity index (χ1v) is 9.63. The van der Waals surface area contributed by atoms with Crippen molar-refractivity contribution in [1.82, 2.24) is 9.55 Å². The fourth-order valence-corrected chi connectivity index (χ4v) is 4.33. The average molecular weight is 384 g/mol. The van der Waals surface area contributed by atoms with Gasteiger partial charge in [0.2, 0.25) is 0 Å². The normalized spacial score (nSPS) is 17.2. The molecule has 0 aliphatic carbocycles. The van der Waals surface area contributed by atoms with Crippen LogP contribution in [0.5, 0.6) is 0 Å². The van der Waals surface area contributed by atoms with E-state index in [0.29, 0.717) is 0 Å². The van der Waals surface area contributed by atoms with Crippen LogP contribution in [0.4, 0.5) is 5.69 Å². The first-order chi connectivity index (χ1) is 11.7. The number of aryl methyl sites for hydroxylation is 1. The first kappa shape index (κ1) is 17.8. The zero-order valence-electron chi connectivity index (χ0n) is 13.8. The van der Waals surface area contributed by atoms with Crippen molar-refractivity contribution < 1.29 is 18.3 Å². The first-order valence-electron chi connectivity index (χ1n) is 7.81. The Morgan fingerprint density at radius 2 is 2.16 bits per heavy atom. The second-order valence-electron chi connectivity index (χ2n) is 6.08. The molecule has 1 unspecified atom stereocenters. The average Bonchev–Trinajstić information content (AvgIpc) is 3.00. The molecule has 3 rings (SSSR count). The van der Waals surface area contributed by atoms with Crippen LogP contribution in [0.2, 0.25) is 5.02 Å². The van der Waals surface area contributed by atoms with E-state index in [1.807, 2.05) is 11.5 Å². The predicted octanol–water partition coefficient (Wildman–Crippen LogP) is 2.96. The van der Waals surface area contributed by atoms with E-state index in [4.69, 9.17) is 11.6 Å². The molecule has 1 aromatic carbocycles. The van der Waals surface area contributed by atoms with E-state index in [1.54, 1.807) is 0 Å².